The monoisotopic (exact) mass is 400 g/mol. The smallest absolute Gasteiger partial charge is 0.359 e. The van der Waals surface area contributed by atoms with Gasteiger partial charge in [-0.2, -0.15) is 21.9 Å². The van der Waals surface area contributed by atoms with Crippen molar-refractivity contribution in [1.29, 1.82) is 5.26 Å². The van der Waals surface area contributed by atoms with Gasteiger partial charge in [-0.15, -0.1) is 0 Å². The number of hydrogen-bond acceptors (Lipinski definition) is 6. The van der Waals surface area contributed by atoms with Crippen molar-refractivity contribution in [2.45, 2.75) is 25.1 Å². The molecule has 1 aliphatic heterocycles. The highest BCUT2D eigenvalue weighted by Gasteiger charge is 2.15. The third kappa shape index (κ3) is 6.02. The fraction of sp³-hybridized carbons (Fsp3) is 0.400. The second kappa shape index (κ2) is 10.8. The first-order valence-electron chi connectivity index (χ1n) is 9.30. The normalized spacial score (nSPS) is 14.0. The number of hydrogen-bond donors (Lipinski definition) is 1. The minimum Gasteiger partial charge on any atom is -0.464 e. The van der Waals surface area contributed by atoms with Crippen LogP contribution in [0.4, 0.5) is 10.5 Å². The molecule has 1 aliphatic rings. The number of carbonyl (C=O) groups excluding carboxylic acids is 1. The average Bonchev–Trinajstić information content (AvgIpc) is 3.38. The van der Waals surface area contributed by atoms with E-state index in [4.69, 9.17) is 14.5 Å². The van der Waals surface area contributed by atoms with Gasteiger partial charge in [-0.1, -0.05) is 18.2 Å². The van der Waals surface area contributed by atoms with Gasteiger partial charge in [0.25, 0.3) is 0 Å². The summed E-state index contributed by atoms with van der Waals surface area (Å²) in [6.07, 6.45) is 4.39. The van der Waals surface area contributed by atoms with Gasteiger partial charge in [0.2, 0.25) is 0 Å². The van der Waals surface area contributed by atoms with Crippen molar-refractivity contribution < 1.29 is 14.0 Å². The summed E-state index contributed by atoms with van der Waals surface area (Å²) in [6.45, 7) is 3.53. The number of nitrogens with zero attached hydrogens (tertiary/aromatic N) is 3. The topological polar surface area (TPSA) is 81.7 Å². The molecule has 0 atom stereocenters. The van der Waals surface area contributed by atoms with Crippen molar-refractivity contribution in [2.75, 3.05) is 30.3 Å². The maximum absolute atomic E-state index is 12.0. The van der Waals surface area contributed by atoms with Gasteiger partial charge in [0.1, 0.15) is 11.5 Å². The van der Waals surface area contributed by atoms with Crippen molar-refractivity contribution in [3.05, 3.63) is 54.0 Å². The molecule has 2 aromatic rings. The molecule has 1 saturated heterocycles. The van der Waals surface area contributed by atoms with Gasteiger partial charge in [0.05, 0.1) is 24.6 Å². The van der Waals surface area contributed by atoms with E-state index in [0.717, 1.165) is 41.8 Å². The van der Waals surface area contributed by atoms with Gasteiger partial charge in [-0.05, 0) is 50.2 Å². The Morgan fingerprint density at radius 1 is 1.21 bits per heavy atom. The Balaban J connectivity index is 1.30. The summed E-state index contributed by atoms with van der Waals surface area (Å²) in [4.78, 5) is 20.5. The van der Waals surface area contributed by atoms with Crippen LogP contribution in [0, 0.1) is 11.5 Å². The Kier molecular flexibility index (Phi) is 7.79. The molecule has 0 aliphatic carbocycles. The number of nitriles is 1. The van der Waals surface area contributed by atoms with Crippen molar-refractivity contribution in [3.63, 3.8) is 0 Å². The quantitative estimate of drug-likeness (QED) is 0.299. The van der Waals surface area contributed by atoms with Crippen molar-refractivity contribution in [1.82, 2.24) is 10.4 Å². The number of likely N-dealkylation sites (tertiary alicyclic amines) is 1. The number of nitrogens with one attached hydrogen (secondary N) is 1. The molecule has 1 fully saturated rings. The minimum atomic E-state index is -0.615. The fourth-order valence-corrected chi connectivity index (χ4v) is 3.68. The maximum atomic E-state index is 12.0. The van der Waals surface area contributed by atoms with Crippen LogP contribution in [0.3, 0.4) is 0 Å². The van der Waals surface area contributed by atoms with E-state index in [1.54, 1.807) is 36.0 Å². The van der Waals surface area contributed by atoms with Crippen molar-refractivity contribution >= 4 is 23.5 Å². The number of benzene rings is 1. The third-order valence-corrected chi connectivity index (χ3v) is 5.29. The van der Waals surface area contributed by atoms with Crippen LogP contribution < -0.4 is 10.4 Å². The molecule has 0 bridgehead atoms. The van der Waals surface area contributed by atoms with E-state index in [-0.39, 0.29) is 0 Å². The van der Waals surface area contributed by atoms with E-state index in [9.17, 15) is 4.79 Å². The van der Waals surface area contributed by atoms with E-state index >= 15 is 0 Å². The highest BCUT2D eigenvalue weighted by Crippen LogP contribution is 2.18. The third-order valence-electron chi connectivity index (χ3n) is 4.35. The number of carbonyl (C=O) groups is 1. The van der Waals surface area contributed by atoms with Gasteiger partial charge in [0, 0.05) is 5.75 Å². The lowest BCUT2D eigenvalue weighted by molar-refractivity contribution is 0.0760. The largest absolute Gasteiger partial charge is 0.464 e. The van der Waals surface area contributed by atoms with E-state index in [1.165, 1.54) is 12.8 Å². The lowest BCUT2D eigenvalue weighted by Gasteiger charge is -2.14. The van der Waals surface area contributed by atoms with Gasteiger partial charge in [-0.3, -0.25) is 9.74 Å². The van der Waals surface area contributed by atoms with E-state index in [1.807, 2.05) is 24.4 Å². The molecule has 0 spiro atoms. The molecule has 0 radical (unpaired) electrons. The standard InChI is InChI=1S/C20H24N4O3S/c21-16-24(17-6-2-1-3-7-17)20(25)22-26-12-13-28-15-19-9-8-18(27-19)14-23-10-4-5-11-23/h1-3,6-9H,4-5,10-15H2,(H,22,25). The zero-order valence-corrected chi connectivity index (χ0v) is 16.5. The predicted molar refractivity (Wildman–Crippen MR) is 108 cm³/mol. The molecule has 8 heteroatoms. The number of thioether (sulfide) groups is 1. The second-order valence-corrected chi connectivity index (χ2v) is 7.54. The van der Waals surface area contributed by atoms with Crippen LogP contribution in [-0.2, 0) is 17.1 Å². The summed E-state index contributed by atoms with van der Waals surface area (Å²) in [7, 11) is 0. The second-order valence-electron chi connectivity index (χ2n) is 6.43. The highest BCUT2D eigenvalue weighted by atomic mass is 32.2. The van der Waals surface area contributed by atoms with Crippen LogP contribution in [0.5, 0.6) is 0 Å². The Morgan fingerprint density at radius 2 is 1.96 bits per heavy atom. The number of rotatable bonds is 9. The summed E-state index contributed by atoms with van der Waals surface area (Å²) < 4.78 is 5.87. The summed E-state index contributed by atoms with van der Waals surface area (Å²) in [6, 6.07) is 12.2. The highest BCUT2D eigenvalue weighted by molar-refractivity contribution is 7.98. The minimum absolute atomic E-state index is 0.339. The SMILES string of the molecule is N#CN(C(=O)NOCCSCc1ccc(CN2CCCC2)o1)c1ccccc1. The molecule has 148 valence electrons. The number of anilines is 1. The zero-order chi connectivity index (χ0) is 19.6. The van der Waals surface area contributed by atoms with Gasteiger partial charge >= 0.3 is 6.03 Å². The van der Waals surface area contributed by atoms with Crippen molar-refractivity contribution in [2.24, 2.45) is 0 Å². The molecule has 1 aromatic heterocycles. The van der Waals surface area contributed by atoms with Gasteiger partial charge in [0.15, 0.2) is 6.19 Å². The number of amides is 2. The van der Waals surface area contributed by atoms with Crippen molar-refractivity contribution in [3.8, 4) is 6.19 Å². The average molecular weight is 401 g/mol. The summed E-state index contributed by atoms with van der Waals surface area (Å²) in [5, 5.41) is 9.15. The molecule has 2 amide bonds. The number of para-hydroxylation sites is 1. The van der Waals surface area contributed by atoms with E-state index in [0.29, 0.717) is 18.0 Å². The lowest BCUT2D eigenvalue weighted by atomic mass is 10.3. The molecular formula is C20H24N4O3S. The first kappa shape index (κ1) is 20.3. The Morgan fingerprint density at radius 3 is 2.71 bits per heavy atom. The van der Waals surface area contributed by atoms with Crippen LogP contribution >= 0.6 is 11.8 Å². The van der Waals surface area contributed by atoms with Crippen LogP contribution in [0.1, 0.15) is 24.4 Å². The predicted octanol–water partition coefficient (Wildman–Crippen LogP) is 3.74. The van der Waals surface area contributed by atoms with Gasteiger partial charge < -0.3 is 4.42 Å². The Hall–Kier alpha value is -2.47. The number of urea groups is 1. The number of hydroxylamine groups is 1. The Labute approximate surface area is 169 Å². The van der Waals surface area contributed by atoms with Crippen LogP contribution in [0.25, 0.3) is 0 Å². The lowest BCUT2D eigenvalue weighted by Crippen LogP contribution is -2.37. The summed E-state index contributed by atoms with van der Waals surface area (Å²) in [5.74, 6) is 3.41. The summed E-state index contributed by atoms with van der Waals surface area (Å²) in [5.41, 5.74) is 2.79. The van der Waals surface area contributed by atoms with Crippen LogP contribution in [0.15, 0.2) is 46.9 Å². The van der Waals surface area contributed by atoms with E-state index in [2.05, 4.69) is 10.4 Å². The molecule has 7 nitrogen and oxygen atoms in total. The van der Waals surface area contributed by atoms with Gasteiger partial charge in [-0.25, -0.2) is 10.3 Å². The first-order valence-corrected chi connectivity index (χ1v) is 10.5. The zero-order valence-electron chi connectivity index (χ0n) is 15.7. The molecule has 1 N–H and O–H groups in total. The van der Waals surface area contributed by atoms with E-state index < -0.39 is 6.03 Å². The fourth-order valence-electron chi connectivity index (χ4n) is 2.98. The Bertz CT molecular complexity index is 784. The van der Waals surface area contributed by atoms with Crippen LogP contribution in [0.2, 0.25) is 0 Å². The molecule has 28 heavy (non-hydrogen) atoms. The number of furan rings is 1. The maximum Gasteiger partial charge on any atom is 0.359 e. The molecule has 3 rings (SSSR count). The molecular weight excluding hydrogens is 376 g/mol. The summed E-state index contributed by atoms with van der Waals surface area (Å²) >= 11 is 1.66. The molecule has 2 heterocycles. The molecule has 0 unspecified atom stereocenters. The molecule has 0 saturated carbocycles. The van der Waals surface area contributed by atoms with Crippen LogP contribution in [-0.4, -0.2) is 36.4 Å². The first-order chi connectivity index (χ1) is 13.8. The molecule has 1 aromatic carbocycles.